The molecule has 22 heavy (non-hydrogen) atoms. The molecule has 2 aromatic heterocycles. The molecule has 114 valence electrons. The summed E-state index contributed by atoms with van der Waals surface area (Å²) in [7, 11) is 0. The number of benzene rings is 1. The fraction of sp³-hybridized carbons (Fsp3) is 0.294. The summed E-state index contributed by atoms with van der Waals surface area (Å²) >= 11 is 1.69. The molecular formula is C17H19N3OS. The van der Waals surface area contributed by atoms with E-state index < -0.39 is 0 Å². The van der Waals surface area contributed by atoms with Crippen LogP contribution in [0.25, 0.3) is 10.2 Å². The average Bonchev–Trinajstić information content (AvgIpc) is 2.78. The van der Waals surface area contributed by atoms with Gasteiger partial charge in [-0.1, -0.05) is 13.0 Å². The van der Waals surface area contributed by atoms with Crippen molar-refractivity contribution in [3.05, 3.63) is 40.0 Å². The quantitative estimate of drug-likeness (QED) is 0.692. The van der Waals surface area contributed by atoms with E-state index in [0.29, 0.717) is 5.69 Å². The summed E-state index contributed by atoms with van der Waals surface area (Å²) in [6.45, 7) is 8.23. The van der Waals surface area contributed by atoms with Crippen molar-refractivity contribution in [2.45, 2.75) is 34.1 Å². The number of hydrogen-bond acceptors (Lipinski definition) is 5. The van der Waals surface area contributed by atoms with E-state index in [1.807, 2.05) is 26.0 Å². The van der Waals surface area contributed by atoms with Gasteiger partial charge in [0.05, 0.1) is 11.1 Å². The molecule has 5 heteroatoms. The van der Waals surface area contributed by atoms with Gasteiger partial charge in [0.25, 0.3) is 0 Å². The van der Waals surface area contributed by atoms with E-state index in [-0.39, 0.29) is 5.75 Å². The van der Waals surface area contributed by atoms with Gasteiger partial charge < -0.3 is 10.4 Å². The zero-order chi connectivity index (χ0) is 15.9. The Bertz CT molecular complexity index is 855. The van der Waals surface area contributed by atoms with Gasteiger partial charge in [-0.25, -0.2) is 9.97 Å². The predicted octanol–water partition coefficient (Wildman–Crippen LogP) is 4.63. The molecule has 1 aromatic carbocycles. The fourth-order valence-corrected chi connectivity index (χ4v) is 3.47. The number of phenolic OH excluding ortho intramolecular Hbond substituents is 1. The Morgan fingerprint density at radius 1 is 1.18 bits per heavy atom. The van der Waals surface area contributed by atoms with Crippen LogP contribution >= 0.6 is 11.3 Å². The second kappa shape index (κ2) is 5.57. The summed E-state index contributed by atoms with van der Waals surface area (Å²) in [5.41, 5.74) is 2.95. The Morgan fingerprint density at radius 3 is 2.68 bits per heavy atom. The lowest BCUT2D eigenvalue weighted by atomic mass is 10.2. The van der Waals surface area contributed by atoms with Crippen LogP contribution in [0.15, 0.2) is 18.2 Å². The molecule has 2 heterocycles. The van der Waals surface area contributed by atoms with Gasteiger partial charge in [-0.3, -0.25) is 0 Å². The molecule has 0 unspecified atom stereocenters. The first kappa shape index (κ1) is 14.8. The number of aromatic nitrogens is 2. The van der Waals surface area contributed by atoms with Crippen LogP contribution in [0.4, 0.5) is 11.5 Å². The number of aryl methyl sites for hydroxylation is 4. The maximum absolute atomic E-state index is 10.1. The number of thiophene rings is 1. The number of anilines is 2. The molecule has 0 aliphatic heterocycles. The molecule has 4 nitrogen and oxygen atoms in total. The highest BCUT2D eigenvalue weighted by Gasteiger charge is 2.15. The molecule has 0 atom stereocenters. The lowest BCUT2D eigenvalue weighted by Crippen LogP contribution is -2.01. The Kier molecular flexibility index (Phi) is 3.74. The number of hydrogen-bond donors (Lipinski definition) is 2. The lowest BCUT2D eigenvalue weighted by molar-refractivity contribution is 0.477. The summed E-state index contributed by atoms with van der Waals surface area (Å²) in [5.74, 6) is 1.80. The predicted molar refractivity (Wildman–Crippen MR) is 92.4 cm³/mol. The van der Waals surface area contributed by atoms with Crippen LogP contribution in [0, 0.1) is 20.8 Å². The van der Waals surface area contributed by atoms with Crippen molar-refractivity contribution in [2.24, 2.45) is 0 Å². The molecule has 0 spiro atoms. The molecule has 0 fully saturated rings. The molecule has 0 saturated heterocycles. The number of rotatable bonds is 3. The molecule has 0 aliphatic carbocycles. The molecule has 3 aromatic rings. The van der Waals surface area contributed by atoms with E-state index in [2.05, 4.69) is 29.1 Å². The van der Waals surface area contributed by atoms with E-state index in [4.69, 9.17) is 0 Å². The number of nitrogens with zero attached hydrogens (tertiary/aromatic N) is 2. The molecule has 0 saturated carbocycles. The van der Waals surface area contributed by atoms with E-state index >= 15 is 0 Å². The highest BCUT2D eigenvalue weighted by Crippen LogP contribution is 2.36. The molecule has 0 amide bonds. The Labute approximate surface area is 133 Å². The van der Waals surface area contributed by atoms with Crippen LogP contribution in [0.1, 0.15) is 28.8 Å². The monoisotopic (exact) mass is 313 g/mol. The molecular weight excluding hydrogens is 294 g/mol. The van der Waals surface area contributed by atoms with Crippen LogP contribution in [0.5, 0.6) is 5.75 Å². The van der Waals surface area contributed by atoms with Crippen LogP contribution in [-0.4, -0.2) is 15.1 Å². The van der Waals surface area contributed by atoms with Gasteiger partial charge in [0, 0.05) is 11.3 Å². The standard InChI is InChI=1S/C17H19N3OS/c1-5-14-19-16(15-10(3)11(4)22-17(15)20-14)18-12-8-9(2)6-7-13(12)21/h6-8,21H,5H2,1-4H3,(H,18,19,20). The first-order valence-electron chi connectivity index (χ1n) is 7.32. The average molecular weight is 313 g/mol. The van der Waals surface area contributed by atoms with Gasteiger partial charge >= 0.3 is 0 Å². The fourth-order valence-electron chi connectivity index (χ4n) is 2.42. The van der Waals surface area contributed by atoms with Gasteiger partial charge in [-0.2, -0.15) is 0 Å². The molecule has 2 N–H and O–H groups in total. The summed E-state index contributed by atoms with van der Waals surface area (Å²) in [5, 5.41) is 14.4. The van der Waals surface area contributed by atoms with Crippen molar-refractivity contribution in [3.63, 3.8) is 0 Å². The third-order valence-electron chi connectivity index (χ3n) is 3.80. The topological polar surface area (TPSA) is 58.0 Å². The highest BCUT2D eigenvalue weighted by molar-refractivity contribution is 7.18. The Morgan fingerprint density at radius 2 is 1.95 bits per heavy atom. The smallest absolute Gasteiger partial charge is 0.143 e. The van der Waals surface area contributed by atoms with Gasteiger partial charge in [-0.15, -0.1) is 11.3 Å². The Hall–Kier alpha value is -2.14. The number of phenols is 1. The van der Waals surface area contributed by atoms with Crippen molar-refractivity contribution < 1.29 is 5.11 Å². The molecule has 0 aliphatic rings. The van der Waals surface area contributed by atoms with Crippen molar-refractivity contribution in [1.29, 1.82) is 0 Å². The second-order valence-corrected chi connectivity index (χ2v) is 6.65. The number of aromatic hydroxyl groups is 1. The van der Waals surface area contributed by atoms with Crippen LogP contribution in [0.3, 0.4) is 0 Å². The third kappa shape index (κ3) is 2.52. The second-order valence-electron chi connectivity index (χ2n) is 5.45. The maximum Gasteiger partial charge on any atom is 0.143 e. The van der Waals surface area contributed by atoms with Crippen molar-refractivity contribution in [2.75, 3.05) is 5.32 Å². The van der Waals surface area contributed by atoms with E-state index in [9.17, 15) is 5.11 Å². The van der Waals surface area contributed by atoms with Crippen LogP contribution in [0.2, 0.25) is 0 Å². The van der Waals surface area contributed by atoms with Gasteiger partial charge in [0.2, 0.25) is 0 Å². The van der Waals surface area contributed by atoms with E-state index in [1.165, 1.54) is 10.4 Å². The Balaban J connectivity index is 2.18. The highest BCUT2D eigenvalue weighted by atomic mass is 32.1. The number of fused-ring (bicyclic) bond motifs is 1. The molecule has 0 radical (unpaired) electrons. The normalized spacial score (nSPS) is 11.1. The van der Waals surface area contributed by atoms with Crippen molar-refractivity contribution >= 4 is 33.1 Å². The first-order chi connectivity index (χ1) is 10.5. The minimum atomic E-state index is 0.222. The number of nitrogens with one attached hydrogen (secondary N) is 1. The van der Waals surface area contributed by atoms with Crippen molar-refractivity contribution in [3.8, 4) is 5.75 Å². The SMILES string of the molecule is CCc1nc(Nc2cc(C)ccc2O)c2c(C)c(C)sc2n1. The van der Waals surface area contributed by atoms with Gasteiger partial charge in [-0.05, 0) is 44.0 Å². The summed E-state index contributed by atoms with van der Waals surface area (Å²) in [6.07, 6.45) is 0.778. The zero-order valence-corrected chi connectivity index (χ0v) is 14.0. The molecule has 0 bridgehead atoms. The maximum atomic E-state index is 10.1. The van der Waals surface area contributed by atoms with Gasteiger partial charge in [0.1, 0.15) is 22.2 Å². The minimum absolute atomic E-state index is 0.222. The van der Waals surface area contributed by atoms with E-state index in [1.54, 1.807) is 17.4 Å². The lowest BCUT2D eigenvalue weighted by Gasteiger charge is -2.11. The van der Waals surface area contributed by atoms with E-state index in [0.717, 1.165) is 33.8 Å². The summed E-state index contributed by atoms with van der Waals surface area (Å²) in [6, 6.07) is 5.50. The molecule has 3 rings (SSSR count). The van der Waals surface area contributed by atoms with Crippen LogP contribution in [-0.2, 0) is 6.42 Å². The van der Waals surface area contributed by atoms with Gasteiger partial charge in [0.15, 0.2) is 0 Å². The largest absolute Gasteiger partial charge is 0.506 e. The zero-order valence-electron chi connectivity index (χ0n) is 13.2. The third-order valence-corrected chi connectivity index (χ3v) is 4.90. The van der Waals surface area contributed by atoms with Crippen molar-refractivity contribution in [1.82, 2.24) is 9.97 Å². The summed E-state index contributed by atoms with van der Waals surface area (Å²) < 4.78 is 0. The summed E-state index contributed by atoms with van der Waals surface area (Å²) in [4.78, 5) is 11.5. The van der Waals surface area contributed by atoms with Crippen LogP contribution < -0.4 is 5.32 Å². The minimum Gasteiger partial charge on any atom is -0.506 e. The first-order valence-corrected chi connectivity index (χ1v) is 8.14.